The molecule has 0 amide bonds. The molecule has 124 valence electrons. The molecule has 1 spiro atoms. The largest absolute Gasteiger partial charge is 0.369 e. The number of benzene rings is 1. The summed E-state index contributed by atoms with van der Waals surface area (Å²) >= 11 is 0. The lowest BCUT2D eigenvalue weighted by Gasteiger charge is -2.46. The fourth-order valence-corrected chi connectivity index (χ4v) is 3.93. The van der Waals surface area contributed by atoms with Gasteiger partial charge in [0.05, 0.1) is 11.2 Å². The number of pyridine rings is 1. The molecule has 4 rings (SSSR count). The first-order valence-corrected chi connectivity index (χ1v) is 8.44. The summed E-state index contributed by atoms with van der Waals surface area (Å²) in [6, 6.07) is 8.24. The van der Waals surface area contributed by atoms with Gasteiger partial charge >= 0.3 is 0 Å². The number of nitrogens with zero attached hydrogens (tertiary/aromatic N) is 4. The van der Waals surface area contributed by atoms with Gasteiger partial charge in [-0.25, -0.2) is 4.99 Å². The van der Waals surface area contributed by atoms with Crippen LogP contribution in [-0.4, -0.2) is 22.6 Å². The molecule has 0 atom stereocenters. The summed E-state index contributed by atoms with van der Waals surface area (Å²) in [5.41, 5.74) is 14.9. The van der Waals surface area contributed by atoms with E-state index in [2.05, 4.69) is 40.0 Å². The monoisotopic (exact) mass is 322 g/mol. The minimum absolute atomic E-state index is 0.280. The van der Waals surface area contributed by atoms with Crippen molar-refractivity contribution in [3.05, 3.63) is 36.0 Å². The third-order valence-corrected chi connectivity index (χ3v) is 5.01. The highest BCUT2D eigenvalue weighted by atomic mass is 15.4. The number of hydrogen-bond donors (Lipinski definition) is 2. The number of hydrogen-bond acceptors (Lipinski definition) is 6. The Morgan fingerprint density at radius 3 is 2.71 bits per heavy atom. The van der Waals surface area contributed by atoms with Crippen molar-refractivity contribution in [2.75, 3.05) is 4.90 Å². The van der Waals surface area contributed by atoms with Gasteiger partial charge in [0.1, 0.15) is 5.66 Å². The molecule has 2 aliphatic rings. The van der Waals surface area contributed by atoms with Crippen LogP contribution in [-0.2, 0) is 0 Å². The zero-order chi connectivity index (χ0) is 16.7. The Balaban J connectivity index is 1.89. The van der Waals surface area contributed by atoms with E-state index in [-0.39, 0.29) is 5.96 Å². The number of aliphatic imine (C=N–C) groups is 2. The molecular formula is C18H22N6. The van der Waals surface area contributed by atoms with Gasteiger partial charge in [-0.2, -0.15) is 4.99 Å². The van der Waals surface area contributed by atoms with Gasteiger partial charge < -0.3 is 11.5 Å². The van der Waals surface area contributed by atoms with Crippen molar-refractivity contribution in [3.63, 3.8) is 0 Å². The molecule has 2 heterocycles. The molecule has 2 aromatic rings. The minimum atomic E-state index is -0.415. The Kier molecular flexibility index (Phi) is 3.40. The highest BCUT2D eigenvalue weighted by Gasteiger charge is 2.43. The van der Waals surface area contributed by atoms with Crippen molar-refractivity contribution in [3.8, 4) is 0 Å². The van der Waals surface area contributed by atoms with Gasteiger partial charge in [-0.15, -0.1) is 0 Å². The molecule has 1 aliphatic heterocycles. The van der Waals surface area contributed by atoms with Gasteiger partial charge in [0.25, 0.3) is 0 Å². The van der Waals surface area contributed by atoms with E-state index in [1.807, 2.05) is 12.3 Å². The molecule has 1 aromatic carbocycles. The van der Waals surface area contributed by atoms with E-state index in [1.54, 1.807) is 0 Å². The van der Waals surface area contributed by atoms with Crippen molar-refractivity contribution in [1.82, 2.24) is 4.98 Å². The van der Waals surface area contributed by atoms with E-state index in [0.29, 0.717) is 5.96 Å². The number of fused-ring (bicyclic) bond motifs is 1. The second-order valence-corrected chi connectivity index (χ2v) is 6.65. The van der Waals surface area contributed by atoms with Crippen molar-refractivity contribution < 1.29 is 0 Å². The number of guanidine groups is 2. The molecule has 6 heteroatoms. The smallest absolute Gasteiger partial charge is 0.220 e. The van der Waals surface area contributed by atoms with E-state index in [9.17, 15) is 0 Å². The normalized spacial score (nSPS) is 20.1. The first-order valence-electron chi connectivity index (χ1n) is 8.44. The average Bonchev–Trinajstić information content (AvgIpc) is 2.55. The maximum Gasteiger partial charge on any atom is 0.220 e. The van der Waals surface area contributed by atoms with Gasteiger partial charge in [0.2, 0.25) is 11.9 Å². The highest BCUT2D eigenvalue weighted by Crippen LogP contribution is 2.41. The first-order chi connectivity index (χ1) is 11.6. The lowest BCUT2D eigenvalue weighted by molar-refractivity contribution is 0.305. The zero-order valence-corrected chi connectivity index (χ0v) is 13.9. The first kappa shape index (κ1) is 14.9. The van der Waals surface area contributed by atoms with Crippen molar-refractivity contribution in [1.29, 1.82) is 0 Å². The van der Waals surface area contributed by atoms with Crippen LogP contribution in [0.25, 0.3) is 10.9 Å². The Morgan fingerprint density at radius 2 is 1.92 bits per heavy atom. The van der Waals surface area contributed by atoms with Crippen LogP contribution in [0.1, 0.15) is 37.7 Å². The Bertz CT molecular complexity index is 848. The standard InChI is InChI=1S/C18H22N6/c1-12-10-13-6-5-9-21-14(13)11-15(12)24-17(20)22-16(19)23-18(24)7-3-2-4-8-18/h5-6,9-11H,2-4,7-8H2,1H3,(H4,19,20,22,23). The molecule has 0 saturated heterocycles. The summed E-state index contributed by atoms with van der Waals surface area (Å²) in [4.78, 5) is 15.5. The number of aromatic nitrogens is 1. The molecular weight excluding hydrogens is 300 g/mol. The molecule has 24 heavy (non-hydrogen) atoms. The van der Waals surface area contributed by atoms with Crippen LogP contribution in [0, 0.1) is 6.92 Å². The van der Waals surface area contributed by atoms with E-state index >= 15 is 0 Å². The molecule has 0 bridgehead atoms. The van der Waals surface area contributed by atoms with E-state index in [0.717, 1.165) is 47.8 Å². The molecule has 1 aliphatic carbocycles. The van der Waals surface area contributed by atoms with Gasteiger partial charge in [-0.3, -0.25) is 9.88 Å². The van der Waals surface area contributed by atoms with Crippen LogP contribution in [0.2, 0.25) is 0 Å². The lowest BCUT2D eigenvalue weighted by Crippen LogP contribution is -2.58. The summed E-state index contributed by atoms with van der Waals surface area (Å²) < 4.78 is 0. The Hall–Kier alpha value is -2.63. The predicted molar refractivity (Wildman–Crippen MR) is 98.0 cm³/mol. The molecule has 1 saturated carbocycles. The molecule has 6 nitrogen and oxygen atoms in total. The van der Waals surface area contributed by atoms with Crippen LogP contribution in [0.3, 0.4) is 0 Å². The van der Waals surface area contributed by atoms with Crippen molar-refractivity contribution in [2.45, 2.75) is 44.7 Å². The lowest BCUT2D eigenvalue weighted by atomic mass is 9.87. The summed E-state index contributed by atoms with van der Waals surface area (Å²) in [7, 11) is 0. The van der Waals surface area contributed by atoms with Gasteiger partial charge in [-0.1, -0.05) is 12.5 Å². The Morgan fingerprint density at radius 1 is 1.12 bits per heavy atom. The van der Waals surface area contributed by atoms with Crippen molar-refractivity contribution in [2.24, 2.45) is 21.5 Å². The highest BCUT2D eigenvalue weighted by molar-refractivity contribution is 6.06. The predicted octanol–water partition coefficient (Wildman–Crippen LogP) is 2.65. The third kappa shape index (κ3) is 2.29. The summed E-state index contributed by atoms with van der Waals surface area (Å²) in [6.07, 6.45) is 7.13. The third-order valence-electron chi connectivity index (χ3n) is 5.01. The second kappa shape index (κ2) is 5.47. The number of rotatable bonds is 1. The molecule has 1 fully saturated rings. The maximum absolute atomic E-state index is 6.31. The van der Waals surface area contributed by atoms with Crippen LogP contribution in [0.15, 0.2) is 40.4 Å². The SMILES string of the molecule is Cc1cc2cccnc2cc1N1C(N)=NC(N)=NC12CCCCC2. The van der Waals surface area contributed by atoms with Gasteiger partial charge in [0, 0.05) is 11.6 Å². The number of anilines is 1. The summed E-state index contributed by atoms with van der Waals surface area (Å²) in [6.45, 7) is 2.09. The fraction of sp³-hybridized carbons (Fsp3) is 0.389. The molecule has 0 radical (unpaired) electrons. The second-order valence-electron chi connectivity index (χ2n) is 6.65. The van der Waals surface area contributed by atoms with Crippen LogP contribution in [0.4, 0.5) is 5.69 Å². The van der Waals surface area contributed by atoms with Gasteiger partial charge in [0.15, 0.2) is 0 Å². The van der Waals surface area contributed by atoms with Gasteiger partial charge in [-0.05, 0) is 56.4 Å². The van der Waals surface area contributed by atoms with E-state index in [1.165, 1.54) is 6.42 Å². The number of nitrogens with two attached hydrogens (primary N) is 2. The average molecular weight is 322 g/mol. The quantitative estimate of drug-likeness (QED) is 0.844. The molecule has 0 unspecified atom stereocenters. The summed E-state index contributed by atoms with van der Waals surface area (Å²) in [5.74, 6) is 0.699. The number of aryl methyl sites for hydroxylation is 1. The minimum Gasteiger partial charge on any atom is -0.369 e. The van der Waals surface area contributed by atoms with Crippen LogP contribution < -0.4 is 16.4 Å². The Labute approximate surface area is 141 Å². The summed E-state index contributed by atoms with van der Waals surface area (Å²) in [5, 5.41) is 1.12. The molecule has 4 N–H and O–H groups in total. The van der Waals surface area contributed by atoms with E-state index < -0.39 is 5.66 Å². The van der Waals surface area contributed by atoms with E-state index in [4.69, 9.17) is 16.5 Å². The van der Waals surface area contributed by atoms with Crippen LogP contribution >= 0.6 is 0 Å². The fourth-order valence-electron chi connectivity index (χ4n) is 3.93. The maximum atomic E-state index is 6.31. The molecule has 1 aromatic heterocycles. The van der Waals surface area contributed by atoms with Crippen molar-refractivity contribution >= 4 is 28.5 Å². The van der Waals surface area contributed by atoms with Crippen LogP contribution in [0.5, 0.6) is 0 Å². The topological polar surface area (TPSA) is 92.9 Å². The zero-order valence-electron chi connectivity index (χ0n) is 13.9.